The Labute approximate surface area is 294 Å². The summed E-state index contributed by atoms with van der Waals surface area (Å²) in [5, 5.41) is 5.37. The highest BCUT2D eigenvalue weighted by Crippen LogP contribution is 2.04. The molecule has 14 heteroatoms. The van der Waals surface area contributed by atoms with E-state index in [4.69, 9.17) is 28.4 Å². The van der Waals surface area contributed by atoms with Crippen molar-refractivity contribution in [3.05, 3.63) is 71.8 Å². The molecule has 0 bridgehead atoms. The molecule has 1 heterocycles. The summed E-state index contributed by atoms with van der Waals surface area (Å²) in [4.78, 5) is 53.2. The second kappa shape index (κ2) is 25.7. The van der Waals surface area contributed by atoms with Crippen molar-refractivity contribution in [2.75, 3.05) is 92.1 Å². The summed E-state index contributed by atoms with van der Waals surface area (Å²) < 4.78 is 33.2. The van der Waals surface area contributed by atoms with Gasteiger partial charge in [0, 0.05) is 52.1 Å². The maximum absolute atomic E-state index is 12.9. The molecule has 276 valence electrons. The van der Waals surface area contributed by atoms with Gasteiger partial charge in [-0.2, -0.15) is 0 Å². The van der Waals surface area contributed by atoms with Gasteiger partial charge in [-0.3, -0.25) is 9.59 Å². The van der Waals surface area contributed by atoms with Crippen molar-refractivity contribution in [2.45, 2.75) is 38.9 Å². The third-order valence-electron chi connectivity index (χ3n) is 7.57. The lowest BCUT2D eigenvalue weighted by molar-refractivity contribution is -0.134. The molecule has 0 atom stereocenters. The van der Waals surface area contributed by atoms with Gasteiger partial charge in [-0.05, 0) is 24.0 Å². The molecule has 0 aliphatic carbocycles. The summed E-state index contributed by atoms with van der Waals surface area (Å²) in [5.74, 6) is -0.107. The molecule has 0 spiro atoms. The molecule has 4 amide bonds. The van der Waals surface area contributed by atoms with E-state index in [1.807, 2.05) is 60.7 Å². The van der Waals surface area contributed by atoms with Crippen LogP contribution in [0.15, 0.2) is 60.7 Å². The van der Waals surface area contributed by atoms with E-state index in [9.17, 15) is 19.2 Å². The number of alkyl carbamates (subject to hydrolysis) is 2. The van der Waals surface area contributed by atoms with Crippen molar-refractivity contribution in [3.63, 3.8) is 0 Å². The van der Waals surface area contributed by atoms with E-state index in [-0.39, 0.29) is 37.9 Å². The highest BCUT2D eigenvalue weighted by atomic mass is 16.6. The van der Waals surface area contributed by atoms with Crippen LogP contribution in [0.1, 0.15) is 36.8 Å². The second-order valence-corrected chi connectivity index (χ2v) is 11.4. The lowest BCUT2D eigenvalue weighted by atomic mass is 10.2. The van der Waals surface area contributed by atoms with Crippen LogP contribution in [-0.2, 0) is 51.2 Å². The van der Waals surface area contributed by atoms with E-state index in [1.54, 1.807) is 9.80 Å². The van der Waals surface area contributed by atoms with E-state index in [1.165, 1.54) is 0 Å². The minimum absolute atomic E-state index is 0.0536. The Morgan fingerprint density at radius 2 is 0.860 bits per heavy atom. The Kier molecular flexibility index (Phi) is 20.7. The zero-order valence-electron chi connectivity index (χ0n) is 28.9. The molecule has 1 aliphatic heterocycles. The van der Waals surface area contributed by atoms with Crippen molar-refractivity contribution >= 4 is 24.0 Å². The Balaban J connectivity index is 1.29. The van der Waals surface area contributed by atoms with E-state index in [2.05, 4.69) is 10.6 Å². The molecule has 2 aromatic carbocycles. The van der Waals surface area contributed by atoms with E-state index >= 15 is 0 Å². The first-order valence-electron chi connectivity index (χ1n) is 17.3. The predicted octanol–water partition coefficient (Wildman–Crippen LogP) is 3.14. The van der Waals surface area contributed by atoms with Gasteiger partial charge in [-0.1, -0.05) is 60.7 Å². The number of carbonyl (C=O) groups is 4. The van der Waals surface area contributed by atoms with Gasteiger partial charge >= 0.3 is 12.2 Å². The maximum Gasteiger partial charge on any atom is 0.407 e. The van der Waals surface area contributed by atoms with Crippen LogP contribution in [0.4, 0.5) is 9.59 Å². The lowest BCUT2D eigenvalue weighted by Gasteiger charge is -2.24. The van der Waals surface area contributed by atoms with Crippen molar-refractivity contribution in [2.24, 2.45) is 0 Å². The average Bonchev–Trinajstić information content (AvgIpc) is 3.14. The summed E-state index contributed by atoms with van der Waals surface area (Å²) >= 11 is 0. The van der Waals surface area contributed by atoms with Gasteiger partial charge < -0.3 is 48.9 Å². The minimum Gasteiger partial charge on any atom is -0.445 e. The van der Waals surface area contributed by atoms with Crippen molar-refractivity contribution in [1.29, 1.82) is 0 Å². The topological polar surface area (TPSA) is 154 Å². The molecule has 2 N–H and O–H groups in total. The van der Waals surface area contributed by atoms with E-state index < -0.39 is 12.2 Å². The van der Waals surface area contributed by atoms with Crippen LogP contribution in [-0.4, -0.2) is 126 Å². The van der Waals surface area contributed by atoms with Gasteiger partial charge in [0.2, 0.25) is 11.8 Å². The molecule has 0 aromatic heterocycles. The van der Waals surface area contributed by atoms with Crippen LogP contribution >= 0.6 is 0 Å². The molecule has 14 nitrogen and oxygen atoms in total. The number of benzene rings is 2. The first-order valence-corrected chi connectivity index (χ1v) is 17.3. The first kappa shape index (κ1) is 40.2. The molecular weight excluding hydrogens is 648 g/mol. The first-order chi connectivity index (χ1) is 24.5. The van der Waals surface area contributed by atoms with Crippen LogP contribution in [0.5, 0.6) is 0 Å². The fourth-order valence-corrected chi connectivity index (χ4v) is 4.79. The molecule has 1 fully saturated rings. The van der Waals surface area contributed by atoms with Crippen LogP contribution in [0.2, 0.25) is 0 Å². The standard InChI is InChI=1S/C36H52N4O10/c41-33(13-7-15-37-35(43)49-29-31-9-3-1-4-10-31)39-17-21-45-25-27-47-23-19-40(20-24-48-28-26-46-22-18-39)34(42)14-8-16-38-36(44)50-30-32-11-5-2-6-12-32/h1-6,9-12H,7-8,13-30H2,(H,37,43)(H,38,44). The van der Waals surface area contributed by atoms with Crippen molar-refractivity contribution < 1.29 is 47.6 Å². The number of hydrogen-bond acceptors (Lipinski definition) is 10. The van der Waals surface area contributed by atoms with Gasteiger partial charge in [0.15, 0.2) is 0 Å². The monoisotopic (exact) mass is 700 g/mol. The highest BCUT2D eigenvalue weighted by molar-refractivity contribution is 5.76. The molecule has 0 radical (unpaired) electrons. The number of ether oxygens (including phenoxy) is 6. The van der Waals surface area contributed by atoms with Crippen LogP contribution in [0.3, 0.4) is 0 Å². The van der Waals surface area contributed by atoms with Crippen molar-refractivity contribution in [3.8, 4) is 0 Å². The molecule has 3 rings (SSSR count). The van der Waals surface area contributed by atoms with Crippen molar-refractivity contribution in [1.82, 2.24) is 20.4 Å². The second-order valence-electron chi connectivity index (χ2n) is 11.4. The Morgan fingerprint density at radius 1 is 0.520 bits per heavy atom. The Bertz CT molecular complexity index is 1120. The fourth-order valence-electron chi connectivity index (χ4n) is 4.79. The van der Waals surface area contributed by atoms with E-state index in [0.29, 0.717) is 105 Å². The Hall–Kier alpha value is -4.24. The summed E-state index contributed by atoms with van der Waals surface area (Å²) in [6.45, 7) is 5.31. The summed E-state index contributed by atoms with van der Waals surface area (Å²) in [5.41, 5.74) is 1.80. The number of rotatable bonds is 12. The molecule has 0 saturated carbocycles. The zero-order chi connectivity index (χ0) is 35.5. The number of hydrogen-bond donors (Lipinski definition) is 2. The fraction of sp³-hybridized carbons (Fsp3) is 0.556. The molecule has 1 saturated heterocycles. The predicted molar refractivity (Wildman–Crippen MR) is 184 cm³/mol. The van der Waals surface area contributed by atoms with Gasteiger partial charge in [0.1, 0.15) is 13.2 Å². The SMILES string of the molecule is O=C(NCCCC(=O)N1CCOCCOCCN(C(=O)CCCNC(=O)OCc2ccccc2)CCOCCOCC1)OCc1ccccc1. The third kappa shape index (κ3) is 18.5. The van der Waals surface area contributed by atoms with Gasteiger partial charge in [0.05, 0.1) is 52.9 Å². The minimum atomic E-state index is -0.521. The normalized spacial score (nSPS) is 15.6. The molecular formula is C36H52N4O10. The maximum atomic E-state index is 12.9. The summed E-state index contributed by atoms with van der Waals surface area (Å²) in [6.07, 6.45) is 0.425. The van der Waals surface area contributed by atoms with Gasteiger partial charge in [0.25, 0.3) is 0 Å². The third-order valence-corrected chi connectivity index (χ3v) is 7.57. The van der Waals surface area contributed by atoms with Crippen LogP contribution in [0, 0.1) is 0 Å². The number of nitrogens with one attached hydrogen (secondary N) is 2. The average molecular weight is 701 g/mol. The lowest BCUT2D eigenvalue weighted by Crippen LogP contribution is -2.38. The number of amides is 4. The molecule has 0 unspecified atom stereocenters. The summed E-state index contributed by atoms with van der Waals surface area (Å²) in [7, 11) is 0. The summed E-state index contributed by atoms with van der Waals surface area (Å²) in [6, 6.07) is 18.8. The van der Waals surface area contributed by atoms with Gasteiger partial charge in [-0.15, -0.1) is 0 Å². The molecule has 2 aromatic rings. The quantitative estimate of drug-likeness (QED) is 0.316. The van der Waals surface area contributed by atoms with Crippen LogP contribution in [0.25, 0.3) is 0 Å². The highest BCUT2D eigenvalue weighted by Gasteiger charge is 2.16. The number of nitrogens with zero attached hydrogens (tertiary/aromatic N) is 2. The smallest absolute Gasteiger partial charge is 0.407 e. The largest absolute Gasteiger partial charge is 0.445 e. The zero-order valence-corrected chi connectivity index (χ0v) is 28.9. The Morgan fingerprint density at radius 3 is 1.20 bits per heavy atom. The van der Waals surface area contributed by atoms with Crippen LogP contribution < -0.4 is 10.6 Å². The van der Waals surface area contributed by atoms with Gasteiger partial charge in [-0.25, -0.2) is 9.59 Å². The number of carbonyl (C=O) groups excluding carboxylic acids is 4. The van der Waals surface area contributed by atoms with E-state index in [0.717, 1.165) is 11.1 Å². The molecule has 1 aliphatic rings. The molecule has 50 heavy (non-hydrogen) atoms.